The Hall–Kier alpha value is -0.150. The van der Waals surface area contributed by atoms with Crippen molar-refractivity contribution < 1.29 is 9.13 Å². The highest BCUT2D eigenvalue weighted by Crippen LogP contribution is 2.24. The van der Waals surface area contributed by atoms with Gasteiger partial charge in [-0.2, -0.15) is 0 Å². The lowest BCUT2D eigenvalue weighted by Crippen LogP contribution is -2.39. The van der Waals surface area contributed by atoms with E-state index in [4.69, 9.17) is 4.74 Å². The molecule has 76 valence electrons. The molecule has 1 aliphatic heterocycles. The lowest BCUT2D eigenvalue weighted by atomic mass is 10.1. The zero-order valence-electron chi connectivity index (χ0n) is 7.97. The summed E-state index contributed by atoms with van der Waals surface area (Å²) in [6.45, 7) is 1.81. The van der Waals surface area contributed by atoms with Crippen LogP contribution in [0.15, 0.2) is 0 Å². The standard InChI is InChI=1S/C10H18FNO/c11-9-6-13-7-10(9)12-5-8-3-1-2-4-8/h8-10,12H,1-7H2. The number of hydrogen-bond donors (Lipinski definition) is 1. The molecule has 0 amide bonds. The molecule has 0 aromatic heterocycles. The van der Waals surface area contributed by atoms with Crippen molar-refractivity contribution in [1.29, 1.82) is 0 Å². The van der Waals surface area contributed by atoms with Crippen LogP contribution in [0.3, 0.4) is 0 Å². The van der Waals surface area contributed by atoms with Gasteiger partial charge in [0, 0.05) is 0 Å². The van der Waals surface area contributed by atoms with Gasteiger partial charge >= 0.3 is 0 Å². The second-order valence-electron chi connectivity index (χ2n) is 4.22. The van der Waals surface area contributed by atoms with E-state index >= 15 is 0 Å². The van der Waals surface area contributed by atoms with Gasteiger partial charge in [-0.3, -0.25) is 0 Å². The summed E-state index contributed by atoms with van der Waals surface area (Å²) in [4.78, 5) is 0. The topological polar surface area (TPSA) is 21.3 Å². The molecular formula is C10H18FNO. The molecule has 1 saturated carbocycles. The highest BCUT2D eigenvalue weighted by atomic mass is 19.1. The van der Waals surface area contributed by atoms with E-state index in [0.717, 1.165) is 12.5 Å². The molecule has 0 aromatic rings. The summed E-state index contributed by atoms with van der Waals surface area (Å²) >= 11 is 0. The third-order valence-corrected chi connectivity index (χ3v) is 3.15. The molecule has 0 bridgehead atoms. The molecule has 2 nitrogen and oxygen atoms in total. The van der Waals surface area contributed by atoms with Crippen LogP contribution < -0.4 is 5.32 Å². The number of nitrogens with one attached hydrogen (secondary N) is 1. The van der Waals surface area contributed by atoms with Crippen LogP contribution in [0.5, 0.6) is 0 Å². The average Bonchev–Trinajstić information content (AvgIpc) is 2.72. The van der Waals surface area contributed by atoms with E-state index in [0.29, 0.717) is 6.61 Å². The summed E-state index contributed by atoms with van der Waals surface area (Å²) in [5.74, 6) is 0.785. The predicted molar refractivity (Wildman–Crippen MR) is 49.5 cm³/mol. The zero-order valence-corrected chi connectivity index (χ0v) is 7.97. The first kappa shape index (κ1) is 9.41. The van der Waals surface area contributed by atoms with Crippen LogP contribution >= 0.6 is 0 Å². The van der Waals surface area contributed by atoms with Gasteiger partial charge in [-0.15, -0.1) is 0 Å². The maximum atomic E-state index is 13.1. The minimum absolute atomic E-state index is 0.0411. The lowest BCUT2D eigenvalue weighted by Gasteiger charge is -2.16. The summed E-state index contributed by atoms with van der Waals surface area (Å²) in [7, 11) is 0. The first-order valence-corrected chi connectivity index (χ1v) is 5.31. The van der Waals surface area contributed by atoms with Gasteiger partial charge < -0.3 is 10.1 Å². The summed E-state index contributed by atoms with van der Waals surface area (Å²) in [5.41, 5.74) is 0. The Kier molecular flexibility index (Phi) is 3.17. The molecule has 1 N–H and O–H groups in total. The van der Waals surface area contributed by atoms with Gasteiger partial charge in [-0.25, -0.2) is 4.39 Å². The molecule has 1 heterocycles. The van der Waals surface area contributed by atoms with E-state index in [1.807, 2.05) is 0 Å². The van der Waals surface area contributed by atoms with Crippen molar-refractivity contribution in [3.63, 3.8) is 0 Å². The maximum Gasteiger partial charge on any atom is 0.141 e. The molecule has 3 heteroatoms. The SMILES string of the molecule is FC1COCC1NCC1CCCC1. The molecule has 2 rings (SSSR count). The highest BCUT2D eigenvalue weighted by molar-refractivity contribution is 4.82. The monoisotopic (exact) mass is 187 g/mol. The normalized spacial score (nSPS) is 35.8. The van der Waals surface area contributed by atoms with Crippen molar-refractivity contribution in [3.05, 3.63) is 0 Å². The van der Waals surface area contributed by atoms with Gasteiger partial charge in [0.1, 0.15) is 6.17 Å². The lowest BCUT2D eigenvalue weighted by molar-refractivity contribution is 0.172. The van der Waals surface area contributed by atoms with E-state index < -0.39 is 6.17 Å². The number of halogens is 1. The summed E-state index contributed by atoms with van der Waals surface area (Å²) < 4.78 is 18.1. The van der Waals surface area contributed by atoms with Crippen LogP contribution in [0, 0.1) is 5.92 Å². The predicted octanol–water partition coefficient (Wildman–Crippen LogP) is 1.50. The molecular weight excluding hydrogens is 169 g/mol. The van der Waals surface area contributed by atoms with Crippen LogP contribution in [0.2, 0.25) is 0 Å². The first-order chi connectivity index (χ1) is 6.36. The third kappa shape index (κ3) is 2.41. The van der Waals surface area contributed by atoms with Gasteiger partial charge in [0.05, 0.1) is 19.3 Å². The third-order valence-electron chi connectivity index (χ3n) is 3.15. The van der Waals surface area contributed by atoms with Crippen LogP contribution in [0.25, 0.3) is 0 Å². The first-order valence-electron chi connectivity index (χ1n) is 5.31. The minimum atomic E-state index is -0.790. The number of ether oxygens (including phenoxy) is 1. The van der Waals surface area contributed by atoms with Gasteiger partial charge in [-0.05, 0) is 25.3 Å². The van der Waals surface area contributed by atoms with Crippen LogP contribution in [0.1, 0.15) is 25.7 Å². The minimum Gasteiger partial charge on any atom is -0.377 e. The quantitative estimate of drug-likeness (QED) is 0.723. The Balaban J connectivity index is 1.66. The van der Waals surface area contributed by atoms with E-state index in [2.05, 4.69) is 5.32 Å². The molecule has 0 radical (unpaired) electrons. The molecule has 2 atom stereocenters. The fourth-order valence-electron chi connectivity index (χ4n) is 2.25. The van der Waals surface area contributed by atoms with Crippen molar-refractivity contribution in [2.45, 2.75) is 37.9 Å². The maximum absolute atomic E-state index is 13.1. The smallest absolute Gasteiger partial charge is 0.141 e. The molecule has 0 aromatic carbocycles. The Bertz CT molecular complexity index is 159. The molecule has 2 aliphatic rings. The number of hydrogen-bond acceptors (Lipinski definition) is 2. The Morgan fingerprint density at radius 2 is 2.00 bits per heavy atom. The summed E-state index contributed by atoms with van der Waals surface area (Å²) in [5, 5.41) is 3.27. The Morgan fingerprint density at radius 3 is 2.62 bits per heavy atom. The van der Waals surface area contributed by atoms with Gasteiger partial charge in [0.2, 0.25) is 0 Å². The van der Waals surface area contributed by atoms with Crippen LogP contribution in [-0.2, 0) is 4.74 Å². The van der Waals surface area contributed by atoms with Crippen molar-refractivity contribution in [1.82, 2.24) is 5.32 Å². The fraction of sp³-hybridized carbons (Fsp3) is 1.00. The van der Waals surface area contributed by atoms with Gasteiger partial charge in [0.15, 0.2) is 0 Å². The zero-order chi connectivity index (χ0) is 9.10. The summed E-state index contributed by atoms with van der Waals surface area (Å²) in [6, 6.07) is -0.0411. The fourth-order valence-corrected chi connectivity index (χ4v) is 2.25. The second-order valence-corrected chi connectivity index (χ2v) is 4.22. The average molecular weight is 187 g/mol. The molecule has 13 heavy (non-hydrogen) atoms. The van der Waals surface area contributed by atoms with Gasteiger partial charge in [0.25, 0.3) is 0 Å². The van der Waals surface area contributed by atoms with E-state index in [1.165, 1.54) is 25.7 Å². The summed E-state index contributed by atoms with van der Waals surface area (Å²) in [6.07, 6.45) is 4.55. The van der Waals surface area contributed by atoms with Crippen LogP contribution in [-0.4, -0.2) is 32.0 Å². The van der Waals surface area contributed by atoms with Crippen LogP contribution in [0.4, 0.5) is 4.39 Å². The molecule has 1 aliphatic carbocycles. The molecule has 1 saturated heterocycles. The van der Waals surface area contributed by atoms with Crippen molar-refractivity contribution in [2.75, 3.05) is 19.8 Å². The van der Waals surface area contributed by atoms with Gasteiger partial charge in [-0.1, -0.05) is 12.8 Å². The molecule has 2 fully saturated rings. The Labute approximate surface area is 78.8 Å². The van der Waals surface area contributed by atoms with Crippen molar-refractivity contribution in [2.24, 2.45) is 5.92 Å². The highest BCUT2D eigenvalue weighted by Gasteiger charge is 2.28. The van der Waals surface area contributed by atoms with E-state index in [9.17, 15) is 4.39 Å². The largest absolute Gasteiger partial charge is 0.377 e. The number of rotatable bonds is 3. The molecule has 0 spiro atoms. The van der Waals surface area contributed by atoms with Crippen molar-refractivity contribution >= 4 is 0 Å². The Morgan fingerprint density at radius 1 is 1.23 bits per heavy atom. The second kappa shape index (κ2) is 4.38. The van der Waals surface area contributed by atoms with Crippen molar-refractivity contribution in [3.8, 4) is 0 Å². The van der Waals surface area contributed by atoms with E-state index in [1.54, 1.807) is 0 Å². The van der Waals surface area contributed by atoms with E-state index in [-0.39, 0.29) is 12.6 Å². The molecule has 2 unspecified atom stereocenters. The number of alkyl halides is 1.